The normalized spacial score (nSPS) is 12.7. The number of anilines is 2. The molecule has 0 amide bonds. The Morgan fingerprint density at radius 2 is 2.04 bits per heavy atom. The molecular formula is C17H13Cl2N5O2. The second-order valence-electron chi connectivity index (χ2n) is 5.77. The molecule has 0 bridgehead atoms. The molecule has 7 nitrogen and oxygen atoms in total. The molecule has 0 radical (unpaired) electrons. The number of hydrogen-bond donors (Lipinski definition) is 3. The van der Waals surface area contributed by atoms with Crippen LogP contribution in [0.4, 0.5) is 17.2 Å². The summed E-state index contributed by atoms with van der Waals surface area (Å²) in [5.74, 6) is 0.479. The molecule has 2 heterocycles. The number of quaternary nitrogens is 1. The minimum Gasteiger partial charge on any atom is -0.595 e. The maximum absolute atomic E-state index is 11.6. The maximum Gasteiger partial charge on any atom is 0.190 e. The summed E-state index contributed by atoms with van der Waals surface area (Å²) < 4.78 is 1.69. The van der Waals surface area contributed by atoms with Crippen molar-refractivity contribution >= 4 is 56.9 Å². The van der Waals surface area contributed by atoms with Crippen LogP contribution >= 0.6 is 23.2 Å². The van der Waals surface area contributed by atoms with Gasteiger partial charge in [-0.1, -0.05) is 35.3 Å². The van der Waals surface area contributed by atoms with E-state index in [0.717, 1.165) is 5.56 Å². The van der Waals surface area contributed by atoms with Crippen LogP contribution in [0.5, 0.6) is 0 Å². The SMILES string of the molecule is Cc1ccc(Cl)c(Nc2nc3cccc([NH+]([O-])O)c3n3cncc23)c1Cl. The van der Waals surface area contributed by atoms with Crippen LogP contribution < -0.4 is 10.5 Å². The first-order valence-corrected chi connectivity index (χ1v) is 8.42. The van der Waals surface area contributed by atoms with Crippen molar-refractivity contribution in [2.45, 2.75) is 6.92 Å². The van der Waals surface area contributed by atoms with Gasteiger partial charge < -0.3 is 10.5 Å². The summed E-state index contributed by atoms with van der Waals surface area (Å²) in [6, 6.07) is 8.51. The van der Waals surface area contributed by atoms with Crippen molar-refractivity contribution < 1.29 is 10.4 Å². The summed E-state index contributed by atoms with van der Waals surface area (Å²) in [5.41, 5.74) is 3.16. The number of hydrogen-bond acceptors (Lipinski definition) is 5. The van der Waals surface area contributed by atoms with Gasteiger partial charge in [0, 0.05) is 6.07 Å². The molecular weight excluding hydrogens is 377 g/mol. The van der Waals surface area contributed by atoms with Crippen LogP contribution in [0.2, 0.25) is 10.0 Å². The molecule has 1 atom stereocenters. The highest BCUT2D eigenvalue weighted by Crippen LogP contribution is 2.36. The van der Waals surface area contributed by atoms with Crippen LogP contribution in [0.15, 0.2) is 42.9 Å². The zero-order valence-electron chi connectivity index (χ0n) is 13.5. The van der Waals surface area contributed by atoms with Gasteiger partial charge in [-0.2, -0.15) is 5.23 Å². The Balaban J connectivity index is 1.97. The average Bonchev–Trinajstić information content (AvgIpc) is 3.11. The van der Waals surface area contributed by atoms with Gasteiger partial charge >= 0.3 is 0 Å². The van der Waals surface area contributed by atoms with Gasteiger partial charge in [-0.25, -0.2) is 15.2 Å². The fourth-order valence-corrected chi connectivity index (χ4v) is 3.32. The Bertz CT molecular complexity index is 1140. The highest BCUT2D eigenvalue weighted by atomic mass is 35.5. The van der Waals surface area contributed by atoms with E-state index in [-0.39, 0.29) is 5.69 Å². The predicted molar refractivity (Wildman–Crippen MR) is 101 cm³/mol. The van der Waals surface area contributed by atoms with Crippen molar-refractivity contribution in [3.63, 3.8) is 0 Å². The van der Waals surface area contributed by atoms with Crippen molar-refractivity contribution in [1.82, 2.24) is 14.4 Å². The van der Waals surface area contributed by atoms with E-state index in [4.69, 9.17) is 23.2 Å². The lowest BCUT2D eigenvalue weighted by molar-refractivity contribution is -0.990. The Morgan fingerprint density at radius 1 is 1.23 bits per heavy atom. The quantitative estimate of drug-likeness (QED) is 0.465. The highest BCUT2D eigenvalue weighted by molar-refractivity contribution is 6.39. The minimum absolute atomic E-state index is 0.149. The van der Waals surface area contributed by atoms with Crippen molar-refractivity contribution in [2.24, 2.45) is 0 Å². The van der Waals surface area contributed by atoms with E-state index in [1.807, 2.05) is 13.0 Å². The molecule has 0 saturated heterocycles. The number of imidazole rings is 1. The maximum atomic E-state index is 11.6. The number of para-hydroxylation sites is 1. The minimum atomic E-state index is -1.03. The third-order valence-corrected chi connectivity index (χ3v) is 4.93. The van der Waals surface area contributed by atoms with E-state index < -0.39 is 5.23 Å². The molecule has 3 N–H and O–H groups in total. The van der Waals surface area contributed by atoms with Crippen LogP contribution in [0.25, 0.3) is 16.6 Å². The molecule has 1 unspecified atom stereocenters. The van der Waals surface area contributed by atoms with E-state index in [2.05, 4.69) is 15.3 Å². The molecule has 4 aromatic rings. The number of nitrogens with one attached hydrogen (secondary N) is 2. The van der Waals surface area contributed by atoms with Crippen LogP contribution in [0.1, 0.15) is 5.56 Å². The third-order valence-electron chi connectivity index (χ3n) is 4.13. The number of halogens is 2. The molecule has 0 fully saturated rings. The monoisotopic (exact) mass is 389 g/mol. The van der Waals surface area contributed by atoms with Crippen molar-refractivity contribution in [3.05, 3.63) is 63.7 Å². The summed E-state index contributed by atoms with van der Waals surface area (Å²) in [4.78, 5) is 8.71. The summed E-state index contributed by atoms with van der Waals surface area (Å²) >= 11 is 12.7. The van der Waals surface area contributed by atoms with Crippen LogP contribution in [-0.2, 0) is 0 Å². The van der Waals surface area contributed by atoms with Crippen LogP contribution in [0, 0.1) is 12.1 Å². The molecule has 9 heteroatoms. The zero-order chi connectivity index (χ0) is 18.4. The topological polar surface area (TPSA) is 90.0 Å². The van der Waals surface area contributed by atoms with Crippen molar-refractivity contribution in [2.75, 3.05) is 5.32 Å². The first-order valence-electron chi connectivity index (χ1n) is 7.67. The lowest BCUT2D eigenvalue weighted by Gasteiger charge is -2.17. The second-order valence-corrected chi connectivity index (χ2v) is 6.55. The standard InChI is InChI=1S/C17H13Cl2N5O2/c1-9-5-6-10(18)15(14(9)19)22-17-13-7-20-8-23(13)16-11(21-17)3-2-4-12(16)24(25)26/h2-8,24-25H,1H3,(H,21,22). The highest BCUT2D eigenvalue weighted by Gasteiger charge is 2.17. The fraction of sp³-hybridized carbons (Fsp3) is 0.0588. The Kier molecular flexibility index (Phi) is 4.18. The molecule has 2 aromatic heterocycles. The molecule has 0 saturated carbocycles. The smallest absolute Gasteiger partial charge is 0.190 e. The Morgan fingerprint density at radius 3 is 2.81 bits per heavy atom. The van der Waals surface area contributed by atoms with Gasteiger partial charge in [0.15, 0.2) is 11.5 Å². The first-order chi connectivity index (χ1) is 12.5. The Hall–Kier alpha value is -2.42. The van der Waals surface area contributed by atoms with Gasteiger partial charge in [-0.05, 0) is 24.6 Å². The molecule has 4 rings (SSSR count). The lowest BCUT2D eigenvalue weighted by atomic mass is 10.2. The lowest BCUT2D eigenvalue weighted by Crippen LogP contribution is -2.99. The summed E-state index contributed by atoms with van der Waals surface area (Å²) in [7, 11) is 0. The van der Waals surface area contributed by atoms with Gasteiger partial charge in [0.2, 0.25) is 0 Å². The summed E-state index contributed by atoms with van der Waals surface area (Å²) in [6.07, 6.45) is 3.15. The second kappa shape index (κ2) is 6.39. The first kappa shape index (κ1) is 17.0. The van der Waals surface area contributed by atoms with E-state index in [1.54, 1.807) is 35.1 Å². The number of nitrogens with zero attached hydrogens (tertiary/aromatic N) is 3. The number of aromatic nitrogens is 3. The summed E-state index contributed by atoms with van der Waals surface area (Å²) in [6.45, 7) is 1.88. The van der Waals surface area contributed by atoms with E-state index in [1.165, 1.54) is 6.07 Å². The number of benzene rings is 2. The molecule has 0 aliphatic carbocycles. The van der Waals surface area contributed by atoms with Gasteiger partial charge in [-0.3, -0.25) is 4.40 Å². The van der Waals surface area contributed by atoms with E-state index in [0.29, 0.717) is 38.1 Å². The molecule has 0 spiro atoms. The molecule has 0 aliphatic rings. The van der Waals surface area contributed by atoms with Crippen molar-refractivity contribution in [1.29, 1.82) is 0 Å². The molecule has 0 aliphatic heterocycles. The van der Waals surface area contributed by atoms with Gasteiger partial charge in [-0.15, -0.1) is 0 Å². The molecule has 132 valence electrons. The van der Waals surface area contributed by atoms with Crippen molar-refractivity contribution in [3.8, 4) is 0 Å². The average molecular weight is 390 g/mol. The zero-order valence-corrected chi connectivity index (χ0v) is 15.0. The third kappa shape index (κ3) is 2.66. The molecule has 26 heavy (non-hydrogen) atoms. The van der Waals surface area contributed by atoms with Crippen LogP contribution in [0.3, 0.4) is 0 Å². The number of fused-ring (bicyclic) bond motifs is 3. The van der Waals surface area contributed by atoms with E-state index >= 15 is 0 Å². The largest absolute Gasteiger partial charge is 0.595 e. The van der Waals surface area contributed by atoms with Gasteiger partial charge in [0.05, 0.1) is 27.4 Å². The Labute approximate surface area is 158 Å². The van der Waals surface area contributed by atoms with Crippen LogP contribution in [-0.4, -0.2) is 19.6 Å². The van der Waals surface area contributed by atoms with Gasteiger partial charge in [0.1, 0.15) is 17.4 Å². The fourth-order valence-electron chi connectivity index (χ4n) is 2.86. The predicted octanol–water partition coefficient (Wildman–Crippen LogP) is 3.64. The van der Waals surface area contributed by atoms with Gasteiger partial charge in [0.25, 0.3) is 0 Å². The van der Waals surface area contributed by atoms with E-state index in [9.17, 15) is 10.4 Å². The number of rotatable bonds is 3. The molecule has 2 aromatic carbocycles. The number of aryl methyl sites for hydroxylation is 1. The summed E-state index contributed by atoms with van der Waals surface area (Å²) in [5, 5.41) is 24.1.